The van der Waals surface area contributed by atoms with Gasteiger partial charge in [0, 0.05) is 5.56 Å². The van der Waals surface area contributed by atoms with Crippen LogP contribution in [0.3, 0.4) is 0 Å². The number of alkyl halides is 6. The fourth-order valence-corrected chi connectivity index (χ4v) is 1.12. The van der Waals surface area contributed by atoms with E-state index in [0.29, 0.717) is 12.1 Å². The van der Waals surface area contributed by atoms with E-state index in [9.17, 15) is 31.1 Å². The number of rotatable bonds is 2. The third-order valence-corrected chi connectivity index (χ3v) is 1.80. The predicted octanol–water partition coefficient (Wildman–Crippen LogP) is 2.70. The molecule has 0 aliphatic heterocycles. The first-order chi connectivity index (χ1) is 8.00. The SMILES string of the molecule is NC(=O)c1ccc(OC(F)(F)F)c(C(F)(F)F)c1. The Kier molecular flexibility index (Phi) is 3.45. The van der Waals surface area contributed by atoms with E-state index in [4.69, 9.17) is 5.73 Å². The van der Waals surface area contributed by atoms with Gasteiger partial charge >= 0.3 is 12.5 Å². The van der Waals surface area contributed by atoms with Gasteiger partial charge in [0.1, 0.15) is 5.75 Å². The van der Waals surface area contributed by atoms with Crippen LogP contribution in [0.5, 0.6) is 5.75 Å². The molecule has 1 amide bonds. The maximum Gasteiger partial charge on any atom is 0.573 e. The number of benzene rings is 1. The minimum Gasteiger partial charge on any atom is -0.405 e. The third-order valence-electron chi connectivity index (χ3n) is 1.80. The van der Waals surface area contributed by atoms with Crippen molar-refractivity contribution >= 4 is 5.91 Å². The Labute approximate surface area is 96.1 Å². The molecule has 1 rings (SSSR count). The molecule has 0 bridgehead atoms. The average molecular weight is 273 g/mol. The van der Waals surface area contributed by atoms with Gasteiger partial charge in [0.15, 0.2) is 0 Å². The maximum absolute atomic E-state index is 12.5. The van der Waals surface area contributed by atoms with Gasteiger partial charge < -0.3 is 10.5 Å². The number of carbonyl (C=O) groups is 1. The van der Waals surface area contributed by atoms with Crippen molar-refractivity contribution in [3.63, 3.8) is 0 Å². The van der Waals surface area contributed by atoms with Gasteiger partial charge in [0.2, 0.25) is 5.91 Å². The molecule has 1 aromatic rings. The summed E-state index contributed by atoms with van der Waals surface area (Å²) in [5.74, 6) is -2.64. The first kappa shape index (κ1) is 14.1. The van der Waals surface area contributed by atoms with Crippen molar-refractivity contribution in [2.45, 2.75) is 12.5 Å². The molecule has 0 aliphatic carbocycles. The molecular formula is C9H5F6NO2. The zero-order chi connectivity index (χ0) is 14.1. The van der Waals surface area contributed by atoms with Crippen LogP contribution in [-0.4, -0.2) is 12.3 Å². The zero-order valence-corrected chi connectivity index (χ0v) is 8.39. The van der Waals surface area contributed by atoms with Crippen molar-refractivity contribution in [2.75, 3.05) is 0 Å². The number of nitrogens with two attached hydrogens (primary N) is 1. The molecule has 2 N–H and O–H groups in total. The number of halogens is 6. The number of hydrogen-bond donors (Lipinski definition) is 1. The molecule has 0 saturated heterocycles. The molecule has 0 radical (unpaired) electrons. The summed E-state index contributed by atoms with van der Waals surface area (Å²) >= 11 is 0. The van der Waals surface area contributed by atoms with Crippen LogP contribution in [0.1, 0.15) is 15.9 Å². The summed E-state index contributed by atoms with van der Waals surface area (Å²) in [7, 11) is 0. The number of hydrogen-bond acceptors (Lipinski definition) is 2. The van der Waals surface area contributed by atoms with E-state index in [2.05, 4.69) is 4.74 Å². The van der Waals surface area contributed by atoms with Crippen molar-refractivity contribution < 1.29 is 35.9 Å². The number of ether oxygens (including phenoxy) is 1. The van der Waals surface area contributed by atoms with Crippen molar-refractivity contribution in [3.8, 4) is 5.75 Å². The molecule has 0 spiro atoms. The molecule has 18 heavy (non-hydrogen) atoms. The van der Waals surface area contributed by atoms with E-state index in [-0.39, 0.29) is 6.07 Å². The second-order valence-electron chi connectivity index (χ2n) is 3.12. The van der Waals surface area contributed by atoms with E-state index in [1.54, 1.807) is 0 Å². The van der Waals surface area contributed by atoms with Gasteiger partial charge in [0.05, 0.1) is 5.56 Å². The smallest absolute Gasteiger partial charge is 0.405 e. The van der Waals surface area contributed by atoms with Gasteiger partial charge in [-0.15, -0.1) is 13.2 Å². The Hall–Kier alpha value is -1.93. The normalized spacial score (nSPS) is 12.3. The average Bonchev–Trinajstić information content (AvgIpc) is 2.13. The highest BCUT2D eigenvalue weighted by atomic mass is 19.4. The van der Waals surface area contributed by atoms with Crippen LogP contribution in [0.15, 0.2) is 18.2 Å². The first-order valence-electron chi connectivity index (χ1n) is 4.27. The quantitative estimate of drug-likeness (QED) is 0.842. The topological polar surface area (TPSA) is 52.3 Å². The van der Waals surface area contributed by atoms with E-state index < -0.39 is 35.3 Å². The van der Waals surface area contributed by atoms with E-state index in [0.717, 1.165) is 0 Å². The van der Waals surface area contributed by atoms with E-state index >= 15 is 0 Å². The van der Waals surface area contributed by atoms with Crippen LogP contribution in [0, 0.1) is 0 Å². The summed E-state index contributed by atoms with van der Waals surface area (Å²) in [6, 6.07) is 1.29. The largest absolute Gasteiger partial charge is 0.573 e. The first-order valence-corrected chi connectivity index (χ1v) is 4.27. The van der Waals surface area contributed by atoms with Gasteiger partial charge in [0.25, 0.3) is 0 Å². The molecule has 0 heterocycles. The fraction of sp³-hybridized carbons (Fsp3) is 0.222. The minimum absolute atomic E-state index is 0.198. The highest BCUT2D eigenvalue weighted by molar-refractivity contribution is 5.93. The van der Waals surface area contributed by atoms with Crippen LogP contribution in [-0.2, 0) is 6.18 Å². The summed E-state index contributed by atoms with van der Waals surface area (Å²) in [5, 5.41) is 0. The summed E-state index contributed by atoms with van der Waals surface area (Å²) in [6.07, 6.45) is -10.4. The van der Waals surface area contributed by atoms with Crippen molar-refractivity contribution in [2.24, 2.45) is 5.73 Å². The highest BCUT2D eigenvalue weighted by Crippen LogP contribution is 2.38. The molecule has 3 nitrogen and oxygen atoms in total. The van der Waals surface area contributed by atoms with E-state index in [1.165, 1.54) is 0 Å². The summed E-state index contributed by atoms with van der Waals surface area (Å²) in [5.41, 5.74) is 2.44. The van der Waals surface area contributed by atoms with Crippen LogP contribution >= 0.6 is 0 Å². The van der Waals surface area contributed by atoms with Gasteiger partial charge in [-0.2, -0.15) is 13.2 Å². The summed E-state index contributed by atoms with van der Waals surface area (Å²) in [6.45, 7) is 0. The van der Waals surface area contributed by atoms with Crippen molar-refractivity contribution in [1.82, 2.24) is 0 Å². The monoisotopic (exact) mass is 273 g/mol. The van der Waals surface area contributed by atoms with Crippen molar-refractivity contribution in [1.29, 1.82) is 0 Å². The molecule has 9 heteroatoms. The summed E-state index contributed by atoms with van der Waals surface area (Å²) < 4.78 is 76.3. The maximum atomic E-state index is 12.5. The molecule has 0 saturated carbocycles. The Morgan fingerprint density at radius 1 is 1.11 bits per heavy atom. The van der Waals surface area contributed by atoms with Gasteiger partial charge in [-0.3, -0.25) is 4.79 Å². The Bertz CT molecular complexity index is 465. The molecule has 0 aromatic heterocycles. The molecular weight excluding hydrogens is 268 g/mol. The lowest BCUT2D eigenvalue weighted by Gasteiger charge is -2.15. The van der Waals surface area contributed by atoms with Crippen LogP contribution in [0.2, 0.25) is 0 Å². The predicted molar refractivity (Wildman–Crippen MR) is 46.6 cm³/mol. The van der Waals surface area contributed by atoms with Gasteiger partial charge in [-0.1, -0.05) is 0 Å². The van der Waals surface area contributed by atoms with Crippen LogP contribution in [0.4, 0.5) is 26.3 Å². The third kappa shape index (κ3) is 3.54. The molecule has 0 unspecified atom stereocenters. The number of amides is 1. The lowest BCUT2D eigenvalue weighted by atomic mass is 10.1. The Morgan fingerprint density at radius 2 is 1.67 bits per heavy atom. The highest BCUT2D eigenvalue weighted by Gasteiger charge is 2.39. The van der Waals surface area contributed by atoms with Crippen LogP contribution in [0.25, 0.3) is 0 Å². The fourth-order valence-electron chi connectivity index (χ4n) is 1.12. The summed E-state index contributed by atoms with van der Waals surface area (Å²) in [4.78, 5) is 10.7. The van der Waals surface area contributed by atoms with E-state index in [1.807, 2.05) is 0 Å². The lowest BCUT2D eigenvalue weighted by molar-refractivity contribution is -0.276. The van der Waals surface area contributed by atoms with Crippen LogP contribution < -0.4 is 10.5 Å². The molecule has 100 valence electrons. The minimum atomic E-state index is -5.27. The second kappa shape index (κ2) is 4.39. The second-order valence-corrected chi connectivity index (χ2v) is 3.12. The van der Waals surface area contributed by atoms with Gasteiger partial charge in [-0.05, 0) is 18.2 Å². The molecule has 0 atom stereocenters. The molecule has 0 aliphatic rings. The zero-order valence-electron chi connectivity index (χ0n) is 8.39. The van der Waals surface area contributed by atoms with Crippen molar-refractivity contribution in [3.05, 3.63) is 29.3 Å². The number of primary amides is 1. The lowest BCUT2D eigenvalue weighted by Crippen LogP contribution is -2.21. The number of carbonyl (C=O) groups excluding carboxylic acids is 1. The standard InChI is InChI=1S/C9H5F6NO2/c10-8(11,12)5-3-4(7(16)17)1-2-6(5)18-9(13,14)15/h1-3H,(H2,16,17). The van der Waals surface area contributed by atoms with Gasteiger partial charge in [-0.25, -0.2) is 0 Å². The molecule has 0 fully saturated rings. The Balaban J connectivity index is 3.30. The molecule has 1 aromatic carbocycles. The Morgan fingerprint density at radius 3 is 2.06 bits per heavy atom.